The summed E-state index contributed by atoms with van der Waals surface area (Å²) < 4.78 is 41.0. The number of amides is 2. The number of ether oxygens (including phenoxy) is 2. The maximum Gasteiger partial charge on any atom is 0.264 e. The average molecular weight is 704 g/mol. The Kier molecular flexibility index (Phi) is 11.9. The highest BCUT2D eigenvalue weighted by Gasteiger charge is 2.36. The Bertz CT molecular complexity index is 1850. The first-order valence-electron chi connectivity index (χ1n) is 16.3. The zero-order valence-electron chi connectivity index (χ0n) is 28.0. The molecule has 0 saturated heterocycles. The van der Waals surface area contributed by atoms with Crippen molar-refractivity contribution in [3.8, 4) is 11.5 Å². The van der Waals surface area contributed by atoms with Crippen LogP contribution in [0.4, 0.5) is 5.69 Å². The quantitative estimate of drug-likeness (QED) is 0.160. The largest absolute Gasteiger partial charge is 0.497 e. The molecule has 1 N–H and O–H groups in total. The Morgan fingerprint density at radius 3 is 2.22 bits per heavy atom. The fourth-order valence-electron chi connectivity index (χ4n) is 6.10. The van der Waals surface area contributed by atoms with Gasteiger partial charge in [-0.2, -0.15) is 0 Å². The number of hydrogen-bond acceptors (Lipinski definition) is 6. The van der Waals surface area contributed by atoms with Crippen molar-refractivity contribution in [3.63, 3.8) is 0 Å². The van der Waals surface area contributed by atoms with E-state index in [0.29, 0.717) is 16.3 Å². The molecule has 9 nitrogen and oxygen atoms in total. The van der Waals surface area contributed by atoms with E-state index in [9.17, 15) is 18.0 Å². The van der Waals surface area contributed by atoms with Crippen LogP contribution in [0.5, 0.6) is 11.5 Å². The average Bonchev–Trinajstić information content (AvgIpc) is 3.62. The molecule has 1 aliphatic carbocycles. The molecular weight excluding hydrogens is 662 g/mol. The van der Waals surface area contributed by atoms with Crippen molar-refractivity contribution in [2.24, 2.45) is 0 Å². The van der Waals surface area contributed by atoms with Gasteiger partial charge in [-0.15, -0.1) is 0 Å². The molecule has 0 aliphatic heterocycles. The molecule has 0 aromatic heterocycles. The van der Waals surface area contributed by atoms with Gasteiger partial charge >= 0.3 is 0 Å². The Morgan fingerprint density at radius 1 is 0.878 bits per heavy atom. The smallest absolute Gasteiger partial charge is 0.264 e. The van der Waals surface area contributed by atoms with Crippen LogP contribution in [0.25, 0.3) is 0 Å². The highest BCUT2D eigenvalue weighted by atomic mass is 35.5. The lowest BCUT2D eigenvalue weighted by Crippen LogP contribution is -2.54. The molecule has 1 unspecified atom stereocenters. The fraction of sp³-hybridized carbons (Fsp3) is 0.316. The SMILES string of the molecule is COc1ccc(OC)c(N(CC(=O)N(Cc2cccc(Cl)c2)C(Cc2ccccc2)C(=O)NC2CCCC2)S(=O)(=O)c2ccc(C)cc2)c1. The monoisotopic (exact) mass is 703 g/mol. The van der Waals surface area contributed by atoms with Crippen LogP contribution in [0.3, 0.4) is 0 Å². The number of rotatable bonds is 14. The molecule has 0 spiro atoms. The van der Waals surface area contributed by atoms with Crippen molar-refractivity contribution in [1.82, 2.24) is 10.2 Å². The number of halogens is 1. The summed E-state index contributed by atoms with van der Waals surface area (Å²) in [6, 6.07) is 26.8. The molecule has 49 heavy (non-hydrogen) atoms. The van der Waals surface area contributed by atoms with E-state index in [1.807, 2.05) is 43.3 Å². The summed E-state index contributed by atoms with van der Waals surface area (Å²) in [7, 11) is -1.43. The van der Waals surface area contributed by atoms with E-state index in [-0.39, 0.29) is 41.2 Å². The molecule has 1 fully saturated rings. The Hall–Kier alpha value is -4.54. The number of aryl methyl sites for hydroxylation is 1. The van der Waals surface area contributed by atoms with Crippen LogP contribution in [0.1, 0.15) is 42.4 Å². The number of methoxy groups -OCH3 is 2. The number of carbonyl (C=O) groups is 2. The van der Waals surface area contributed by atoms with Crippen LogP contribution < -0.4 is 19.1 Å². The van der Waals surface area contributed by atoms with Crippen molar-refractivity contribution in [3.05, 3.63) is 119 Å². The van der Waals surface area contributed by atoms with Crippen LogP contribution in [0.15, 0.2) is 102 Å². The van der Waals surface area contributed by atoms with E-state index in [4.69, 9.17) is 21.1 Å². The summed E-state index contributed by atoms with van der Waals surface area (Å²) in [5.41, 5.74) is 2.55. The van der Waals surface area contributed by atoms with E-state index < -0.39 is 28.5 Å². The standard InChI is InChI=1S/C38H42ClN3O6S/c1-27-16-19-33(20-17-27)49(45,46)42(34-24-32(47-2)18-21-36(34)48-3)26-37(43)41(25-29-12-9-13-30(39)22-29)35(23-28-10-5-4-6-11-28)38(44)40-31-14-7-8-15-31/h4-6,9-13,16-22,24,31,35H,7-8,14-15,23,25-26H2,1-3H3,(H,40,44). The van der Waals surface area contributed by atoms with Crippen LogP contribution >= 0.6 is 11.6 Å². The minimum Gasteiger partial charge on any atom is -0.497 e. The van der Waals surface area contributed by atoms with Crippen molar-refractivity contribution >= 4 is 39.1 Å². The summed E-state index contributed by atoms with van der Waals surface area (Å²) in [5, 5.41) is 3.66. The lowest BCUT2D eigenvalue weighted by molar-refractivity contribution is -0.140. The fourth-order valence-corrected chi connectivity index (χ4v) is 7.73. The molecule has 0 bridgehead atoms. The lowest BCUT2D eigenvalue weighted by atomic mass is 10.0. The molecule has 4 aromatic carbocycles. The Balaban J connectivity index is 1.62. The van der Waals surface area contributed by atoms with Crippen molar-refractivity contribution in [1.29, 1.82) is 0 Å². The maximum absolute atomic E-state index is 14.8. The maximum atomic E-state index is 14.8. The normalized spacial score (nSPS) is 13.8. The van der Waals surface area contributed by atoms with Gasteiger partial charge < -0.3 is 19.7 Å². The predicted octanol–water partition coefficient (Wildman–Crippen LogP) is 6.56. The Labute approximate surface area is 293 Å². The van der Waals surface area contributed by atoms with E-state index in [0.717, 1.165) is 41.1 Å². The van der Waals surface area contributed by atoms with Crippen LogP contribution in [0, 0.1) is 6.92 Å². The van der Waals surface area contributed by atoms with Crippen molar-refractivity contribution in [2.75, 3.05) is 25.1 Å². The molecule has 1 aliphatic rings. The minimum absolute atomic E-state index is 0.00280. The van der Waals surface area contributed by atoms with Gasteiger partial charge in [0.15, 0.2) is 0 Å². The summed E-state index contributed by atoms with van der Waals surface area (Å²) >= 11 is 6.36. The highest BCUT2D eigenvalue weighted by molar-refractivity contribution is 7.92. The number of nitrogens with zero attached hydrogens (tertiary/aromatic N) is 2. The summed E-state index contributed by atoms with van der Waals surface area (Å²) in [5.74, 6) is -0.271. The number of benzene rings is 4. The van der Waals surface area contributed by atoms with Crippen LogP contribution in [-0.2, 0) is 32.6 Å². The van der Waals surface area contributed by atoms with Gasteiger partial charge in [0.2, 0.25) is 11.8 Å². The van der Waals surface area contributed by atoms with E-state index in [1.54, 1.807) is 42.5 Å². The molecule has 1 atom stereocenters. The zero-order chi connectivity index (χ0) is 35.0. The second-order valence-electron chi connectivity index (χ2n) is 12.2. The molecule has 1 saturated carbocycles. The lowest BCUT2D eigenvalue weighted by Gasteiger charge is -2.34. The number of carbonyl (C=O) groups excluding carboxylic acids is 2. The zero-order valence-corrected chi connectivity index (χ0v) is 29.5. The molecule has 4 aromatic rings. The third kappa shape index (κ3) is 8.93. The van der Waals surface area contributed by atoms with E-state index in [2.05, 4.69) is 5.32 Å². The molecule has 258 valence electrons. The minimum atomic E-state index is -4.33. The summed E-state index contributed by atoms with van der Waals surface area (Å²) in [4.78, 5) is 30.5. The molecule has 11 heteroatoms. The summed E-state index contributed by atoms with van der Waals surface area (Å²) in [6.07, 6.45) is 3.99. The number of hydrogen-bond donors (Lipinski definition) is 1. The van der Waals surface area contributed by atoms with E-state index in [1.165, 1.54) is 37.3 Å². The number of nitrogens with one attached hydrogen (secondary N) is 1. The number of anilines is 1. The number of sulfonamides is 1. The highest BCUT2D eigenvalue weighted by Crippen LogP contribution is 2.36. The topological polar surface area (TPSA) is 105 Å². The molecule has 2 amide bonds. The van der Waals surface area contributed by atoms with Crippen LogP contribution in [0.2, 0.25) is 5.02 Å². The van der Waals surface area contributed by atoms with Gasteiger partial charge in [0.25, 0.3) is 10.0 Å². The van der Waals surface area contributed by atoms with Gasteiger partial charge in [0.1, 0.15) is 24.1 Å². The third-order valence-corrected chi connectivity index (χ3v) is 10.8. The van der Waals surface area contributed by atoms with Gasteiger partial charge in [-0.05, 0) is 67.3 Å². The second kappa shape index (κ2) is 16.2. The second-order valence-corrected chi connectivity index (χ2v) is 14.5. The van der Waals surface area contributed by atoms with Gasteiger partial charge in [0, 0.05) is 30.1 Å². The van der Waals surface area contributed by atoms with Gasteiger partial charge in [-0.25, -0.2) is 8.42 Å². The molecule has 0 heterocycles. The Morgan fingerprint density at radius 2 is 1.57 bits per heavy atom. The third-order valence-electron chi connectivity index (χ3n) is 8.76. The predicted molar refractivity (Wildman–Crippen MR) is 192 cm³/mol. The van der Waals surface area contributed by atoms with Gasteiger partial charge in [-0.1, -0.05) is 84.6 Å². The molecule has 0 radical (unpaired) electrons. The first-order valence-corrected chi connectivity index (χ1v) is 18.1. The van der Waals surface area contributed by atoms with Gasteiger partial charge in [0.05, 0.1) is 24.8 Å². The van der Waals surface area contributed by atoms with Crippen molar-refractivity contribution in [2.45, 2.75) is 62.6 Å². The first kappa shape index (κ1) is 35.8. The molecular formula is C38H42ClN3O6S. The van der Waals surface area contributed by atoms with E-state index >= 15 is 0 Å². The van der Waals surface area contributed by atoms with Gasteiger partial charge in [-0.3, -0.25) is 13.9 Å². The first-order chi connectivity index (χ1) is 23.6. The molecule has 5 rings (SSSR count). The van der Waals surface area contributed by atoms with Crippen molar-refractivity contribution < 1.29 is 27.5 Å². The van der Waals surface area contributed by atoms with Crippen LogP contribution in [-0.4, -0.2) is 58.0 Å². The summed E-state index contributed by atoms with van der Waals surface area (Å²) in [6.45, 7) is 1.25.